The van der Waals surface area contributed by atoms with Crippen LogP contribution in [-0.4, -0.2) is 34.1 Å². The van der Waals surface area contributed by atoms with Gasteiger partial charge in [0.25, 0.3) is 5.91 Å². The molecule has 8 heteroatoms. The van der Waals surface area contributed by atoms with Crippen LogP contribution in [0, 0.1) is 11.3 Å². The van der Waals surface area contributed by atoms with Crippen molar-refractivity contribution in [2.45, 2.75) is 5.60 Å². The van der Waals surface area contributed by atoms with Gasteiger partial charge >= 0.3 is 5.97 Å². The minimum atomic E-state index is -1.15. The number of rotatable bonds is 2. The zero-order valence-electron chi connectivity index (χ0n) is 17.0. The Kier molecular flexibility index (Phi) is 3.88. The number of hydrogen-bond acceptors (Lipinski definition) is 7. The highest BCUT2D eigenvalue weighted by molar-refractivity contribution is 6.27. The maximum atomic E-state index is 12.6. The molecule has 2 unspecified atom stereocenters. The number of amides is 2. The largest absolute Gasteiger partial charge is 0.472 e. The summed E-state index contributed by atoms with van der Waals surface area (Å²) in [5.41, 5.74) is 1.36. The van der Waals surface area contributed by atoms with Crippen LogP contribution < -0.4 is 5.32 Å². The Labute approximate surface area is 187 Å². The van der Waals surface area contributed by atoms with Crippen molar-refractivity contribution in [2.24, 2.45) is 5.92 Å². The predicted octanol–water partition coefficient (Wildman–Crippen LogP) is 2.37. The summed E-state index contributed by atoms with van der Waals surface area (Å²) in [5.74, 6) is -2.16. The van der Waals surface area contributed by atoms with E-state index in [2.05, 4.69) is 10.3 Å². The molecule has 2 amide bonds. The van der Waals surface area contributed by atoms with Crippen LogP contribution in [0.3, 0.4) is 0 Å². The van der Waals surface area contributed by atoms with Gasteiger partial charge in [0.05, 0.1) is 11.1 Å². The molecule has 2 atom stereocenters. The van der Waals surface area contributed by atoms with E-state index in [9.17, 15) is 14.4 Å². The number of pyridine rings is 1. The Bertz CT molecular complexity index is 1400. The van der Waals surface area contributed by atoms with Gasteiger partial charge in [-0.2, -0.15) is 0 Å². The molecular weight excluding hydrogens is 422 g/mol. The number of fused-ring (bicyclic) bond motifs is 2. The van der Waals surface area contributed by atoms with E-state index in [4.69, 9.17) is 14.9 Å². The Balaban J connectivity index is 1.46. The molecule has 160 valence electrons. The molecule has 3 heterocycles. The van der Waals surface area contributed by atoms with Crippen molar-refractivity contribution in [1.82, 2.24) is 10.3 Å². The van der Waals surface area contributed by atoms with E-state index < -0.39 is 29.3 Å². The Morgan fingerprint density at radius 1 is 1.18 bits per heavy atom. The summed E-state index contributed by atoms with van der Waals surface area (Å²) in [6.45, 7) is 0. The average Bonchev–Trinajstić information content (AvgIpc) is 3.12. The monoisotopic (exact) mass is 437 g/mol. The number of allylic oxidation sites excluding steroid dienone is 5. The second-order valence-corrected chi connectivity index (χ2v) is 7.98. The molecule has 3 aliphatic carbocycles. The fraction of sp³-hybridized carbons (Fsp3) is 0.0800. The van der Waals surface area contributed by atoms with Gasteiger partial charge in [0.1, 0.15) is 17.4 Å². The number of carbonyl (C=O) groups excluding carboxylic acids is 3. The summed E-state index contributed by atoms with van der Waals surface area (Å²) in [4.78, 5) is 41.3. The van der Waals surface area contributed by atoms with Crippen molar-refractivity contribution >= 4 is 23.5 Å². The first-order chi connectivity index (χ1) is 16.0. The lowest BCUT2D eigenvalue weighted by Crippen LogP contribution is -2.41. The van der Waals surface area contributed by atoms with Gasteiger partial charge in [-0.1, -0.05) is 24.3 Å². The van der Waals surface area contributed by atoms with E-state index in [1.165, 1.54) is 6.20 Å². The van der Waals surface area contributed by atoms with Gasteiger partial charge in [0, 0.05) is 40.9 Å². The van der Waals surface area contributed by atoms with E-state index in [0.29, 0.717) is 11.1 Å². The van der Waals surface area contributed by atoms with Crippen LogP contribution in [-0.2, 0) is 19.1 Å². The highest BCUT2D eigenvalue weighted by Crippen LogP contribution is 2.49. The first kappa shape index (κ1) is 19.1. The molecule has 0 saturated carbocycles. The Morgan fingerprint density at radius 3 is 2.88 bits per heavy atom. The molecule has 2 N–H and O–H groups in total. The number of nitrogens with one attached hydrogen (secondary N) is 2. The molecule has 1 fully saturated rings. The molecule has 33 heavy (non-hydrogen) atoms. The molecule has 2 aliphatic heterocycles. The lowest BCUT2D eigenvalue weighted by atomic mass is 9.75. The average molecular weight is 437 g/mol. The van der Waals surface area contributed by atoms with Gasteiger partial charge in [0.15, 0.2) is 5.60 Å². The molecule has 1 spiro atoms. The normalized spacial score (nSPS) is 26.5. The summed E-state index contributed by atoms with van der Waals surface area (Å²) in [5, 5.41) is 10.5. The van der Waals surface area contributed by atoms with E-state index in [1.807, 2.05) is 24.3 Å². The highest BCUT2D eigenvalue weighted by Gasteiger charge is 2.50. The number of carbonyl (C=O) groups is 3. The molecule has 1 aromatic rings. The molecule has 1 saturated heterocycles. The van der Waals surface area contributed by atoms with E-state index >= 15 is 0 Å². The highest BCUT2D eigenvalue weighted by atomic mass is 16.5. The van der Waals surface area contributed by atoms with Gasteiger partial charge in [-0.3, -0.25) is 19.9 Å². The SMILES string of the molecule is N=C1C=C2C=C3C=CC=C4C=CC(OC(=O)c5cccnc5)=CC43OC2=C2C(=O)NC(=O)C12. The summed E-state index contributed by atoms with van der Waals surface area (Å²) < 4.78 is 12.1. The summed E-state index contributed by atoms with van der Waals surface area (Å²) >= 11 is 0. The molecule has 6 rings (SSSR count). The van der Waals surface area contributed by atoms with Crippen LogP contribution in [0.4, 0.5) is 0 Å². The Hall–Kier alpha value is -4.59. The van der Waals surface area contributed by atoms with E-state index in [-0.39, 0.29) is 22.8 Å². The lowest BCUT2D eigenvalue weighted by Gasteiger charge is -2.43. The number of nitrogens with zero attached hydrogens (tertiary/aromatic N) is 1. The second kappa shape index (κ2) is 6.70. The smallest absolute Gasteiger partial charge is 0.345 e. The van der Waals surface area contributed by atoms with Crippen molar-refractivity contribution in [1.29, 1.82) is 5.41 Å². The van der Waals surface area contributed by atoms with Crippen molar-refractivity contribution < 1.29 is 23.9 Å². The van der Waals surface area contributed by atoms with Gasteiger partial charge < -0.3 is 14.9 Å². The molecule has 8 nitrogen and oxygen atoms in total. The second-order valence-electron chi connectivity index (χ2n) is 7.98. The van der Waals surface area contributed by atoms with E-state index in [0.717, 1.165) is 11.1 Å². The maximum Gasteiger partial charge on any atom is 0.345 e. The number of ether oxygens (including phenoxy) is 2. The summed E-state index contributed by atoms with van der Waals surface area (Å²) in [7, 11) is 0. The van der Waals surface area contributed by atoms with Crippen LogP contribution in [0.1, 0.15) is 10.4 Å². The zero-order chi connectivity index (χ0) is 22.7. The molecule has 5 aliphatic rings. The molecule has 0 aromatic carbocycles. The van der Waals surface area contributed by atoms with Crippen LogP contribution >= 0.6 is 0 Å². The number of aromatic nitrogens is 1. The fourth-order valence-corrected chi connectivity index (χ4v) is 4.52. The van der Waals surface area contributed by atoms with Gasteiger partial charge in [-0.05, 0) is 30.4 Å². The molecular formula is C25H15N3O5. The molecule has 0 radical (unpaired) electrons. The first-order valence-electron chi connectivity index (χ1n) is 10.2. The van der Waals surface area contributed by atoms with Crippen molar-refractivity contribution in [2.75, 3.05) is 0 Å². The van der Waals surface area contributed by atoms with Crippen molar-refractivity contribution in [3.05, 3.63) is 113 Å². The summed E-state index contributed by atoms with van der Waals surface area (Å²) in [6.07, 6.45) is 17.1. The molecule has 0 bridgehead atoms. The van der Waals surface area contributed by atoms with Crippen molar-refractivity contribution in [3.8, 4) is 0 Å². The quantitative estimate of drug-likeness (QED) is 0.542. The molecule has 1 aromatic heterocycles. The van der Waals surface area contributed by atoms with E-state index in [1.54, 1.807) is 42.6 Å². The van der Waals surface area contributed by atoms with Crippen LogP contribution in [0.15, 0.2) is 107 Å². The van der Waals surface area contributed by atoms with Gasteiger partial charge in [0.2, 0.25) is 5.91 Å². The standard InChI is InChI=1S/C25H15N3O5/c26-18-10-14-9-16-5-1-4-15-6-7-17(32-24(31)13-3-2-8-27-12-13)11-25(15,16)33-21(14)20-19(18)22(29)28-23(20)30/h1-12,19,26H,(H,28,29,30). The van der Waals surface area contributed by atoms with Gasteiger partial charge in [-0.15, -0.1) is 0 Å². The maximum absolute atomic E-state index is 12.6. The van der Waals surface area contributed by atoms with Crippen LogP contribution in [0.2, 0.25) is 0 Å². The fourth-order valence-electron chi connectivity index (χ4n) is 4.52. The first-order valence-corrected chi connectivity index (χ1v) is 10.2. The predicted molar refractivity (Wildman–Crippen MR) is 115 cm³/mol. The van der Waals surface area contributed by atoms with Crippen LogP contribution in [0.5, 0.6) is 0 Å². The third kappa shape index (κ3) is 2.74. The third-order valence-corrected chi connectivity index (χ3v) is 6.02. The minimum absolute atomic E-state index is 0.0317. The third-order valence-electron chi connectivity index (χ3n) is 6.02. The van der Waals surface area contributed by atoms with Gasteiger partial charge in [-0.25, -0.2) is 4.79 Å². The number of esters is 1. The van der Waals surface area contributed by atoms with Crippen molar-refractivity contribution in [3.63, 3.8) is 0 Å². The Morgan fingerprint density at radius 2 is 2.06 bits per heavy atom. The minimum Gasteiger partial charge on any atom is -0.472 e. The number of hydrogen-bond donors (Lipinski definition) is 2. The summed E-state index contributed by atoms with van der Waals surface area (Å²) in [6, 6.07) is 3.25. The lowest BCUT2D eigenvalue weighted by molar-refractivity contribution is -0.124. The number of imide groups is 1. The zero-order valence-corrected chi connectivity index (χ0v) is 17.0. The van der Waals surface area contributed by atoms with Crippen LogP contribution in [0.25, 0.3) is 0 Å². The topological polar surface area (TPSA) is 118 Å².